The summed E-state index contributed by atoms with van der Waals surface area (Å²) >= 11 is 0. The molecule has 0 fully saturated rings. The molecule has 1 atom stereocenters. The van der Waals surface area contributed by atoms with E-state index in [4.69, 9.17) is 4.74 Å². The molecule has 0 aromatic heterocycles. The molecule has 1 aromatic rings. The molecule has 2 rings (SSSR count). The predicted octanol–water partition coefficient (Wildman–Crippen LogP) is 1.57. The molecule has 0 spiro atoms. The molecule has 0 radical (unpaired) electrons. The molecule has 0 bridgehead atoms. The highest BCUT2D eigenvalue weighted by atomic mass is 16.5. The molecule has 1 unspecified atom stereocenters. The van der Waals surface area contributed by atoms with Gasteiger partial charge >= 0.3 is 0 Å². The van der Waals surface area contributed by atoms with Crippen molar-refractivity contribution < 1.29 is 4.74 Å². The van der Waals surface area contributed by atoms with Crippen LogP contribution in [0.25, 0.3) is 0 Å². The average molecular weight is 205 g/mol. The zero-order valence-electron chi connectivity index (χ0n) is 9.16. The van der Waals surface area contributed by atoms with Gasteiger partial charge in [-0.05, 0) is 13.0 Å². The smallest absolute Gasteiger partial charge is 0.196 e. The number of benzene rings is 1. The number of ether oxygens (including phenoxy) is 1. The van der Waals surface area contributed by atoms with E-state index in [2.05, 4.69) is 28.6 Å². The van der Waals surface area contributed by atoms with Crippen LogP contribution in [0.3, 0.4) is 0 Å². The lowest BCUT2D eigenvalue weighted by atomic mass is 10.0. The van der Waals surface area contributed by atoms with Crippen LogP contribution in [0, 0.1) is 0 Å². The van der Waals surface area contributed by atoms with E-state index in [0.717, 1.165) is 23.0 Å². The van der Waals surface area contributed by atoms with E-state index < -0.39 is 0 Å². The van der Waals surface area contributed by atoms with Crippen LogP contribution in [0.2, 0.25) is 0 Å². The summed E-state index contributed by atoms with van der Waals surface area (Å²) in [6.45, 7) is 2.10. The van der Waals surface area contributed by atoms with Crippen molar-refractivity contribution in [2.45, 2.75) is 13.0 Å². The van der Waals surface area contributed by atoms with E-state index in [-0.39, 0.29) is 6.04 Å². The highest BCUT2D eigenvalue weighted by Crippen LogP contribution is 2.36. The Bertz CT molecular complexity index is 401. The van der Waals surface area contributed by atoms with Crippen molar-refractivity contribution in [1.82, 2.24) is 10.6 Å². The normalized spacial score (nSPS) is 18.6. The molecule has 15 heavy (non-hydrogen) atoms. The Morgan fingerprint density at radius 2 is 2.27 bits per heavy atom. The standard InChI is InChI=1S/C11H15N3O/c1-7-8-5-4-6-9(15-3)10(8)14-11(12-2)13-7/h4-7H,1-3H3,(H2,12,13,14). The third-order valence-corrected chi connectivity index (χ3v) is 2.53. The Balaban J connectivity index is 2.54. The number of fused-ring (bicyclic) bond motifs is 1. The molecule has 2 N–H and O–H groups in total. The summed E-state index contributed by atoms with van der Waals surface area (Å²) < 4.78 is 5.29. The van der Waals surface area contributed by atoms with Crippen molar-refractivity contribution in [2.75, 3.05) is 14.2 Å². The molecule has 80 valence electrons. The molecule has 1 aromatic carbocycles. The Morgan fingerprint density at radius 3 is 2.93 bits per heavy atom. The van der Waals surface area contributed by atoms with Crippen LogP contribution in [0.5, 0.6) is 5.75 Å². The van der Waals surface area contributed by atoms with Gasteiger partial charge in [-0.1, -0.05) is 12.1 Å². The third kappa shape index (κ3) is 1.63. The first-order chi connectivity index (χ1) is 7.26. The SMILES string of the molecule is CNC1=Nc2c(OC)cccc2C(C)N1. The van der Waals surface area contributed by atoms with Gasteiger partial charge in [0.05, 0.1) is 13.2 Å². The van der Waals surface area contributed by atoms with Crippen molar-refractivity contribution >= 4 is 11.6 Å². The van der Waals surface area contributed by atoms with E-state index in [1.807, 2.05) is 19.2 Å². The molecule has 1 aliphatic rings. The first-order valence-electron chi connectivity index (χ1n) is 4.96. The van der Waals surface area contributed by atoms with Crippen LogP contribution < -0.4 is 15.4 Å². The number of para-hydroxylation sites is 1. The van der Waals surface area contributed by atoms with Crippen LogP contribution in [0.15, 0.2) is 23.2 Å². The van der Waals surface area contributed by atoms with Gasteiger partial charge in [0, 0.05) is 12.6 Å². The number of nitrogens with one attached hydrogen (secondary N) is 2. The van der Waals surface area contributed by atoms with E-state index in [0.29, 0.717) is 0 Å². The number of guanidine groups is 1. The summed E-state index contributed by atoms with van der Waals surface area (Å²) in [7, 11) is 3.51. The van der Waals surface area contributed by atoms with Crippen molar-refractivity contribution in [2.24, 2.45) is 4.99 Å². The average Bonchev–Trinajstić information content (AvgIpc) is 2.28. The van der Waals surface area contributed by atoms with Gasteiger partial charge < -0.3 is 15.4 Å². The lowest BCUT2D eigenvalue weighted by molar-refractivity contribution is 0.414. The maximum absolute atomic E-state index is 5.29. The summed E-state index contributed by atoms with van der Waals surface area (Å²) in [4.78, 5) is 4.45. The molecule has 4 heteroatoms. The van der Waals surface area contributed by atoms with Gasteiger partial charge in [0.1, 0.15) is 11.4 Å². The summed E-state index contributed by atoms with van der Waals surface area (Å²) in [5, 5.41) is 6.27. The van der Waals surface area contributed by atoms with Crippen molar-refractivity contribution in [3.8, 4) is 5.75 Å². The second-order valence-corrected chi connectivity index (χ2v) is 3.47. The van der Waals surface area contributed by atoms with Gasteiger partial charge in [-0.3, -0.25) is 0 Å². The molecule has 0 saturated carbocycles. The van der Waals surface area contributed by atoms with Crippen LogP contribution in [-0.4, -0.2) is 20.1 Å². The third-order valence-electron chi connectivity index (χ3n) is 2.53. The lowest BCUT2D eigenvalue weighted by Crippen LogP contribution is -2.38. The molecule has 0 aliphatic carbocycles. The monoisotopic (exact) mass is 205 g/mol. The van der Waals surface area contributed by atoms with Gasteiger partial charge in [0.25, 0.3) is 0 Å². The zero-order valence-corrected chi connectivity index (χ0v) is 9.16. The Morgan fingerprint density at radius 1 is 1.47 bits per heavy atom. The second-order valence-electron chi connectivity index (χ2n) is 3.47. The molecule has 0 amide bonds. The summed E-state index contributed by atoms with van der Waals surface area (Å²) in [5.74, 6) is 1.59. The molecule has 4 nitrogen and oxygen atoms in total. The highest BCUT2D eigenvalue weighted by molar-refractivity contribution is 5.86. The maximum Gasteiger partial charge on any atom is 0.196 e. The van der Waals surface area contributed by atoms with Crippen LogP contribution >= 0.6 is 0 Å². The zero-order chi connectivity index (χ0) is 10.8. The maximum atomic E-state index is 5.29. The van der Waals surface area contributed by atoms with Gasteiger partial charge in [0.2, 0.25) is 0 Å². The van der Waals surface area contributed by atoms with E-state index in [9.17, 15) is 0 Å². The minimum Gasteiger partial charge on any atom is -0.494 e. The topological polar surface area (TPSA) is 45.7 Å². The van der Waals surface area contributed by atoms with Gasteiger partial charge in [0.15, 0.2) is 5.96 Å². The minimum absolute atomic E-state index is 0.245. The molecular formula is C11H15N3O. The number of hydrogen-bond donors (Lipinski definition) is 2. The molecule has 1 heterocycles. The first kappa shape index (κ1) is 9.83. The van der Waals surface area contributed by atoms with Crippen LogP contribution in [-0.2, 0) is 0 Å². The van der Waals surface area contributed by atoms with Crippen molar-refractivity contribution in [1.29, 1.82) is 0 Å². The van der Waals surface area contributed by atoms with Gasteiger partial charge in [-0.2, -0.15) is 0 Å². The molecule has 0 saturated heterocycles. The largest absolute Gasteiger partial charge is 0.494 e. The minimum atomic E-state index is 0.245. The van der Waals surface area contributed by atoms with Gasteiger partial charge in [-0.15, -0.1) is 0 Å². The Hall–Kier alpha value is -1.71. The summed E-state index contributed by atoms with van der Waals surface area (Å²) in [6.07, 6.45) is 0. The quantitative estimate of drug-likeness (QED) is 0.731. The van der Waals surface area contributed by atoms with Crippen LogP contribution in [0.4, 0.5) is 5.69 Å². The fourth-order valence-electron chi connectivity index (χ4n) is 1.73. The van der Waals surface area contributed by atoms with Gasteiger partial charge in [-0.25, -0.2) is 4.99 Å². The number of aliphatic imine (C=N–C) groups is 1. The predicted molar refractivity (Wildman–Crippen MR) is 60.7 cm³/mol. The van der Waals surface area contributed by atoms with Crippen molar-refractivity contribution in [3.63, 3.8) is 0 Å². The lowest BCUT2D eigenvalue weighted by Gasteiger charge is -2.24. The Kier molecular flexibility index (Phi) is 2.49. The number of hydrogen-bond acceptors (Lipinski definition) is 4. The van der Waals surface area contributed by atoms with Crippen LogP contribution in [0.1, 0.15) is 18.5 Å². The fraction of sp³-hybridized carbons (Fsp3) is 0.364. The van der Waals surface area contributed by atoms with Crippen molar-refractivity contribution in [3.05, 3.63) is 23.8 Å². The fourth-order valence-corrected chi connectivity index (χ4v) is 1.73. The Labute approximate surface area is 89.4 Å². The van der Waals surface area contributed by atoms with E-state index in [1.165, 1.54) is 0 Å². The summed E-state index contributed by atoms with van der Waals surface area (Å²) in [5.41, 5.74) is 2.07. The number of rotatable bonds is 1. The highest BCUT2D eigenvalue weighted by Gasteiger charge is 2.19. The summed E-state index contributed by atoms with van der Waals surface area (Å²) in [6, 6.07) is 6.21. The second kappa shape index (κ2) is 3.81. The van der Waals surface area contributed by atoms with E-state index >= 15 is 0 Å². The molecule has 1 aliphatic heterocycles. The number of methoxy groups -OCH3 is 1. The first-order valence-corrected chi connectivity index (χ1v) is 4.96. The number of nitrogens with zero attached hydrogens (tertiary/aromatic N) is 1. The van der Waals surface area contributed by atoms with E-state index in [1.54, 1.807) is 7.11 Å². The molecular weight excluding hydrogens is 190 g/mol.